The molecule has 0 spiro atoms. The summed E-state index contributed by atoms with van der Waals surface area (Å²) in [5.74, 6) is -0.230. The third-order valence-corrected chi connectivity index (χ3v) is 3.98. The first-order chi connectivity index (χ1) is 12.2. The standard InChI is InChI=1S/C17H18ClF3N4O/c1-4-25(5-2)16-22-10(3)8-14(24-16)15(26)23-11-6-7-13(18)12(9-11)17(19,20)21/h6-9H,4-5H2,1-3H3,(H,23,26). The quantitative estimate of drug-likeness (QED) is 0.818. The number of aromatic nitrogens is 2. The van der Waals surface area contributed by atoms with Crippen molar-refractivity contribution in [2.45, 2.75) is 26.9 Å². The lowest BCUT2D eigenvalue weighted by Gasteiger charge is -2.19. The van der Waals surface area contributed by atoms with E-state index in [1.807, 2.05) is 18.7 Å². The summed E-state index contributed by atoms with van der Waals surface area (Å²) in [6.45, 7) is 6.90. The van der Waals surface area contributed by atoms with E-state index in [1.165, 1.54) is 12.1 Å². The van der Waals surface area contributed by atoms with Gasteiger partial charge >= 0.3 is 6.18 Å². The number of hydrogen-bond acceptors (Lipinski definition) is 4. The zero-order valence-electron chi connectivity index (χ0n) is 14.5. The molecular weight excluding hydrogens is 369 g/mol. The van der Waals surface area contributed by atoms with Gasteiger partial charge < -0.3 is 10.2 Å². The lowest BCUT2D eigenvalue weighted by molar-refractivity contribution is -0.137. The largest absolute Gasteiger partial charge is 0.417 e. The fraction of sp³-hybridized carbons (Fsp3) is 0.353. The number of nitrogens with zero attached hydrogens (tertiary/aromatic N) is 3. The van der Waals surface area contributed by atoms with Crippen molar-refractivity contribution in [2.75, 3.05) is 23.3 Å². The maximum atomic E-state index is 12.9. The third-order valence-electron chi connectivity index (χ3n) is 3.65. The molecule has 0 radical (unpaired) electrons. The van der Waals surface area contributed by atoms with Gasteiger partial charge in [0.15, 0.2) is 0 Å². The van der Waals surface area contributed by atoms with Crippen molar-refractivity contribution >= 4 is 29.1 Å². The van der Waals surface area contributed by atoms with Crippen LogP contribution in [0.2, 0.25) is 5.02 Å². The van der Waals surface area contributed by atoms with Crippen LogP contribution >= 0.6 is 11.6 Å². The van der Waals surface area contributed by atoms with Gasteiger partial charge in [0.1, 0.15) is 5.69 Å². The summed E-state index contributed by atoms with van der Waals surface area (Å²) in [6, 6.07) is 4.66. The fourth-order valence-corrected chi connectivity index (χ4v) is 2.56. The zero-order valence-corrected chi connectivity index (χ0v) is 15.2. The van der Waals surface area contributed by atoms with E-state index in [2.05, 4.69) is 15.3 Å². The highest BCUT2D eigenvalue weighted by Crippen LogP contribution is 2.36. The normalized spacial score (nSPS) is 11.3. The second kappa shape index (κ2) is 7.90. The van der Waals surface area contributed by atoms with Crippen molar-refractivity contribution in [1.29, 1.82) is 0 Å². The average Bonchev–Trinajstić information content (AvgIpc) is 2.56. The van der Waals surface area contributed by atoms with Gasteiger partial charge in [0.2, 0.25) is 5.95 Å². The number of carbonyl (C=O) groups excluding carboxylic acids is 1. The minimum Gasteiger partial charge on any atom is -0.341 e. The molecule has 5 nitrogen and oxygen atoms in total. The first-order valence-corrected chi connectivity index (χ1v) is 8.32. The third kappa shape index (κ3) is 4.63. The van der Waals surface area contributed by atoms with E-state index in [9.17, 15) is 18.0 Å². The number of halogens is 4. The van der Waals surface area contributed by atoms with Gasteiger partial charge in [-0.2, -0.15) is 13.2 Å². The van der Waals surface area contributed by atoms with Gasteiger partial charge in [-0.3, -0.25) is 4.79 Å². The monoisotopic (exact) mass is 386 g/mol. The number of alkyl halides is 3. The Morgan fingerprint density at radius 2 is 1.85 bits per heavy atom. The van der Waals surface area contributed by atoms with Crippen LogP contribution in [0.1, 0.15) is 35.6 Å². The summed E-state index contributed by atoms with van der Waals surface area (Å²) in [4.78, 5) is 22.8. The highest BCUT2D eigenvalue weighted by molar-refractivity contribution is 6.31. The molecule has 1 aromatic heterocycles. The highest BCUT2D eigenvalue weighted by atomic mass is 35.5. The number of amides is 1. The Balaban J connectivity index is 2.31. The summed E-state index contributed by atoms with van der Waals surface area (Å²) < 4.78 is 38.8. The smallest absolute Gasteiger partial charge is 0.341 e. The molecular formula is C17H18ClF3N4O. The van der Waals surface area contributed by atoms with Crippen LogP contribution in [-0.4, -0.2) is 29.0 Å². The Morgan fingerprint density at radius 3 is 2.42 bits per heavy atom. The number of rotatable bonds is 5. The van der Waals surface area contributed by atoms with Gasteiger partial charge in [-0.15, -0.1) is 0 Å². The first-order valence-electron chi connectivity index (χ1n) is 7.94. The Hall–Kier alpha value is -2.35. The predicted molar refractivity (Wildman–Crippen MR) is 94.7 cm³/mol. The van der Waals surface area contributed by atoms with Crippen molar-refractivity contribution in [1.82, 2.24) is 9.97 Å². The van der Waals surface area contributed by atoms with E-state index in [4.69, 9.17) is 11.6 Å². The molecule has 140 valence electrons. The number of benzene rings is 1. The van der Waals surface area contributed by atoms with Crippen LogP contribution in [0.3, 0.4) is 0 Å². The Labute approximate surface area is 154 Å². The lowest BCUT2D eigenvalue weighted by atomic mass is 10.2. The van der Waals surface area contributed by atoms with Crippen molar-refractivity contribution in [3.05, 3.63) is 46.2 Å². The van der Waals surface area contributed by atoms with Crippen LogP contribution in [-0.2, 0) is 6.18 Å². The van der Waals surface area contributed by atoms with Crippen LogP contribution in [0.4, 0.5) is 24.8 Å². The van der Waals surface area contributed by atoms with E-state index in [0.29, 0.717) is 24.7 Å². The molecule has 2 aromatic rings. The average molecular weight is 387 g/mol. The molecule has 0 aliphatic rings. The molecule has 0 fully saturated rings. The van der Waals surface area contributed by atoms with Crippen LogP contribution < -0.4 is 10.2 Å². The van der Waals surface area contributed by atoms with Crippen LogP contribution in [0.25, 0.3) is 0 Å². The number of anilines is 2. The SMILES string of the molecule is CCN(CC)c1nc(C)cc(C(=O)Nc2ccc(Cl)c(C(F)(F)F)c2)n1. The second-order valence-corrected chi connectivity index (χ2v) is 5.92. The van der Waals surface area contributed by atoms with Gasteiger partial charge in [-0.25, -0.2) is 9.97 Å². The van der Waals surface area contributed by atoms with E-state index in [1.54, 1.807) is 6.92 Å². The summed E-state index contributed by atoms with van der Waals surface area (Å²) >= 11 is 5.58. The van der Waals surface area contributed by atoms with Crippen LogP contribution in [0.15, 0.2) is 24.3 Å². The van der Waals surface area contributed by atoms with E-state index in [-0.39, 0.29) is 11.4 Å². The summed E-state index contributed by atoms with van der Waals surface area (Å²) in [5.41, 5.74) is -0.380. The molecule has 1 N–H and O–H groups in total. The predicted octanol–water partition coefficient (Wildman–Crippen LogP) is 4.56. The van der Waals surface area contributed by atoms with Gasteiger partial charge in [0.25, 0.3) is 5.91 Å². The van der Waals surface area contributed by atoms with Crippen molar-refractivity contribution in [3.8, 4) is 0 Å². The molecule has 1 amide bonds. The number of aryl methyl sites for hydroxylation is 1. The van der Waals surface area contributed by atoms with Crippen molar-refractivity contribution < 1.29 is 18.0 Å². The minimum atomic E-state index is -4.61. The number of hydrogen-bond donors (Lipinski definition) is 1. The Kier molecular flexibility index (Phi) is 6.07. The van der Waals surface area contributed by atoms with Gasteiger partial charge in [0.05, 0.1) is 10.6 Å². The maximum Gasteiger partial charge on any atom is 0.417 e. The molecule has 9 heteroatoms. The molecule has 0 atom stereocenters. The molecule has 26 heavy (non-hydrogen) atoms. The fourth-order valence-electron chi connectivity index (χ4n) is 2.33. The molecule has 0 aliphatic carbocycles. The molecule has 0 unspecified atom stereocenters. The van der Waals surface area contributed by atoms with Crippen LogP contribution in [0.5, 0.6) is 0 Å². The van der Waals surface area contributed by atoms with Gasteiger partial charge in [0, 0.05) is 24.5 Å². The number of carbonyl (C=O) groups is 1. The lowest BCUT2D eigenvalue weighted by Crippen LogP contribution is -2.26. The summed E-state index contributed by atoms with van der Waals surface area (Å²) in [5, 5.41) is 1.99. The molecule has 0 saturated heterocycles. The van der Waals surface area contributed by atoms with Gasteiger partial charge in [-0.1, -0.05) is 11.6 Å². The number of nitrogens with one attached hydrogen (secondary N) is 1. The Morgan fingerprint density at radius 1 is 1.19 bits per heavy atom. The molecule has 0 saturated carbocycles. The Bertz CT molecular complexity index is 807. The van der Waals surface area contributed by atoms with Gasteiger partial charge in [-0.05, 0) is 45.0 Å². The van der Waals surface area contributed by atoms with E-state index in [0.717, 1.165) is 12.1 Å². The summed E-state index contributed by atoms with van der Waals surface area (Å²) in [6.07, 6.45) is -4.61. The van der Waals surface area contributed by atoms with E-state index >= 15 is 0 Å². The van der Waals surface area contributed by atoms with Crippen LogP contribution in [0, 0.1) is 6.92 Å². The topological polar surface area (TPSA) is 58.1 Å². The summed E-state index contributed by atoms with van der Waals surface area (Å²) in [7, 11) is 0. The van der Waals surface area contributed by atoms with E-state index < -0.39 is 22.7 Å². The first kappa shape index (κ1) is 20.0. The molecule has 1 heterocycles. The zero-order chi connectivity index (χ0) is 19.5. The molecule has 0 aliphatic heterocycles. The van der Waals surface area contributed by atoms with Crippen molar-refractivity contribution in [2.24, 2.45) is 0 Å². The molecule has 2 rings (SSSR count). The second-order valence-electron chi connectivity index (χ2n) is 5.51. The molecule has 0 bridgehead atoms. The minimum absolute atomic E-state index is 0.0209. The van der Waals surface area contributed by atoms with Crippen molar-refractivity contribution in [3.63, 3.8) is 0 Å². The molecule has 1 aromatic carbocycles. The highest BCUT2D eigenvalue weighted by Gasteiger charge is 2.33. The maximum absolute atomic E-state index is 12.9.